The van der Waals surface area contributed by atoms with Crippen LogP contribution in [-0.2, 0) is 0 Å². The van der Waals surface area contributed by atoms with E-state index in [0.29, 0.717) is 5.56 Å². The monoisotopic (exact) mass is 441 g/mol. The highest BCUT2D eigenvalue weighted by Crippen LogP contribution is 2.25. The second-order valence-corrected chi connectivity index (χ2v) is 8.26. The molecule has 1 unspecified atom stereocenters. The fourth-order valence-corrected chi connectivity index (χ4v) is 3.30. The summed E-state index contributed by atoms with van der Waals surface area (Å²) in [7, 11) is 4.31. The molecule has 1 aromatic heterocycles. The van der Waals surface area contributed by atoms with Crippen LogP contribution >= 0.6 is 15.9 Å². The number of aromatic nitrogens is 1. The zero-order valence-electron chi connectivity index (χ0n) is 16.2. The van der Waals surface area contributed by atoms with Gasteiger partial charge in [0.15, 0.2) is 0 Å². The van der Waals surface area contributed by atoms with Crippen molar-refractivity contribution in [2.24, 2.45) is 0 Å². The van der Waals surface area contributed by atoms with Gasteiger partial charge in [-0.2, -0.15) is 6.20 Å². The van der Waals surface area contributed by atoms with Gasteiger partial charge in [0.25, 0.3) is 5.91 Å². The Labute approximate surface area is 174 Å². The number of quaternary nitrogens is 1. The zero-order chi connectivity index (χ0) is 20.1. The van der Waals surface area contributed by atoms with E-state index in [9.17, 15) is 4.79 Å². The Balaban J connectivity index is 1.55. The number of nitrogens with zero attached hydrogens (tertiary/aromatic N) is 3. The predicted octanol–water partition coefficient (Wildman–Crippen LogP) is 4.52. The highest BCUT2D eigenvalue weighted by Gasteiger charge is 2.25. The third kappa shape index (κ3) is 5.43. The molecule has 28 heavy (non-hydrogen) atoms. The van der Waals surface area contributed by atoms with Gasteiger partial charge in [0.05, 0.1) is 19.7 Å². The highest BCUT2D eigenvalue weighted by atomic mass is 79.9. The van der Waals surface area contributed by atoms with E-state index < -0.39 is 0 Å². The summed E-state index contributed by atoms with van der Waals surface area (Å²) >= 11 is 3.33. The van der Waals surface area contributed by atoms with Crippen LogP contribution < -0.4 is 10.6 Å². The molecule has 7 heteroatoms. The van der Waals surface area contributed by atoms with Gasteiger partial charge >= 0.3 is 0 Å². The molecule has 1 amide bonds. The summed E-state index contributed by atoms with van der Waals surface area (Å²) in [5, 5.41) is 10.7. The molecule has 2 N–H and O–H groups in total. The largest absolute Gasteiger partial charge is 0.683 e. The molecule has 1 atom stereocenters. The van der Waals surface area contributed by atoms with Crippen LogP contribution in [0.25, 0.3) is 5.32 Å². The van der Waals surface area contributed by atoms with E-state index in [1.165, 1.54) is 11.9 Å². The molecule has 0 aliphatic carbocycles. The summed E-state index contributed by atoms with van der Waals surface area (Å²) in [6.45, 7) is 3.02. The zero-order valence-corrected chi connectivity index (χ0v) is 17.8. The van der Waals surface area contributed by atoms with Crippen molar-refractivity contribution in [3.63, 3.8) is 0 Å². The summed E-state index contributed by atoms with van der Waals surface area (Å²) in [6, 6.07) is 9.43. The van der Waals surface area contributed by atoms with Gasteiger partial charge in [-0.3, -0.25) is 14.3 Å². The first-order valence-electron chi connectivity index (χ1n) is 9.00. The number of rotatable bonds is 7. The minimum Gasteiger partial charge on any atom is -0.683 e. The van der Waals surface area contributed by atoms with Gasteiger partial charge in [-0.1, -0.05) is 30.7 Å². The molecule has 2 heterocycles. The Morgan fingerprint density at radius 1 is 1.32 bits per heavy atom. The van der Waals surface area contributed by atoms with Gasteiger partial charge in [0, 0.05) is 22.6 Å². The van der Waals surface area contributed by atoms with Gasteiger partial charge < -0.3 is 16.0 Å². The first-order valence-corrected chi connectivity index (χ1v) is 9.79. The van der Waals surface area contributed by atoms with E-state index in [-0.39, 0.29) is 11.9 Å². The number of carbonyl (C=O) groups excluding carboxylic acids is 1. The number of hydrogen-bond acceptors (Lipinski definition) is 3. The van der Waals surface area contributed by atoms with Crippen LogP contribution in [0, 0.1) is 0 Å². The third-order valence-corrected chi connectivity index (χ3v) is 4.76. The number of carbonyl (C=O) groups is 1. The molecule has 0 radical (unpaired) electrons. The number of anilines is 1. The van der Waals surface area contributed by atoms with E-state index in [2.05, 4.69) is 57.2 Å². The maximum atomic E-state index is 12.4. The maximum absolute atomic E-state index is 12.4. The van der Waals surface area contributed by atoms with Gasteiger partial charge in [0.1, 0.15) is 18.4 Å². The lowest BCUT2D eigenvalue weighted by molar-refractivity contribution is -0.853. The molecule has 0 saturated heterocycles. The van der Waals surface area contributed by atoms with Crippen LogP contribution in [0.15, 0.2) is 71.5 Å². The van der Waals surface area contributed by atoms with E-state index in [1.54, 1.807) is 18.5 Å². The summed E-state index contributed by atoms with van der Waals surface area (Å²) in [5.41, 5.74) is 3.45. The van der Waals surface area contributed by atoms with Gasteiger partial charge in [-0.25, -0.2) is 0 Å². The number of likely N-dealkylation sites (N-methyl/N-ethyl adjacent to an activating group) is 1. The summed E-state index contributed by atoms with van der Waals surface area (Å²) in [6.07, 6.45) is 8.98. The van der Waals surface area contributed by atoms with Crippen LogP contribution in [0.5, 0.6) is 0 Å². The second kappa shape index (κ2) is 8.58. The van der Waals surface area contributed by atoms with E-state index in [1.807, 2.05) is 37.4 Å². The normalized spacial score (nSPS) is 16.1. The third-order valence-electron chi connectivity index (χ3n) is 4.33. The average Bonchev–Trinajstić information content (AvgIpc) is 2.63. The summed E-state index contributed by atoms with van der Waals surface area (Å²) in [5.74, 6) is -0.199. The molecule has 0 spiro atoms. The summed E-state index contributed by atoms with van der Waals surface area (Å²) in [4.78, 5) is 16.4. The molecule has 2 aromatic rings. The van der Waals surface area contributed by atoms with Crippen molar-refractivity contribution in [1.82, 2.24) is 10.3 Å². The van der Waals surface area contributed by atoms with Crippen LogP contribution in [0.2, 0.25) is 0 Å². The van der Waals surface area contributed by atoms with E-state index in [4.69, 9.17) is 0 Å². The molecule has 1 aliphatic rings. The second-order valence-electron chi connectivity index (χ2n) is 7.35. The lowest BCUT2D eigenvalue weighted by atomic mass is 10.1. The van der Waals surface area contributed by atoms with Crippen LogP contribution in [0.4, 0.5) is 5.69 Å². The van der Waals surface area contributed by atoms with E-state index >= 15 is 0 Å². The number of nitrogens with one attached hydrogen (secondary N) is 2. The molecule has 0 bridgehead atoms. The first-order chi connectivity index (χ1) is 13.3. The quantitative estimate of drug-likeness (QED) is 0.620. The van der Waals surface area contributed by atoms with Crippen LogP contribution in [-0.4, -0.2) is 36.0 Å². The number of amides is 1. The minimum absolute atomic E-state index is 0.0231. The van der Waals surface area contributed by atoms with E-state index in [0.717, 1.165) is 26.8 Å². The Morgan fingerprint density at radius 2 is 2.11 bits per heavy atom. The summed E-state index contributed by atoms with van der Waals surface area (Å²) < 4.78 is 1.67. The van der Waals surface area contributed by atoms with Crippen molar-refractivity contribution < 1.29 is 9.28 Å². The van der Waals surface area contributed by atoms with Crippen molar-refractivity contribution in [2.75, 3.05) is 26.0 Å². The van der Waals surface area contributed by atoms with Crippen LogP contribution in [0.3, 0.4) is 0 Å². The SMILES string of the molecule is CC([N-]C=CNC1=C[N+](C)(C)C1)c1cccc(NC(=O)c2cncc(Br)c2)c1. The van der Waals surface area contributed by atoms with Gasteiger partial charge in [-0.05, 0) is 40.3 Å². The topological polar surface area (TPSA) is 68.1 Å². The number of pyridine rings is 1. The van der Waals surface area contributed by atoms with Gasteiger partial charge in [0.2, 0.25) is 0 Å². The Kier molecular flexibility index (Phi) is 6.16. The fraction of sp³-hybridized carbons (Fsp3) is 0.238. The number of hydrogen-bond donors (Lipinski definition) is 2. The first kappa shape index (κ1) is 20.1. The molecular weight excluding hydrogens is 418 g/mol. The molecule has 3 rings (SSSR count). The molecule has 1 aromatic carbocycles. The fourth-order valence-electron chi connectivity index (χ4n) is 2.94. The van der Waals surface area contributed by atoms with Gasteiger partial charge in [-0.15, -0.1) is 0 Å². The predicted molar refractivity (Wildman–Crippen MR) is 115 cm³/mol. The molecular formula is C21H24BrN5O. The van der Waals surface area contributed by atoms with Crippen molar-refractivity contribution in [2.45, 2.75) is 13.0 Å². The smallest absolute Gasteiger partial charge is 0.257 e. The van der Waals surface area contributed by atoms with Crippen LogP contribution in [0.1, 0.15) is 28.9 Å². The van der Waals surface area contributed by atoms with Crippen molar-refractivity contribution in [3.05, 3.63) is 87.9 Å². The van der Waals surface area contributed by atoms with Crippen molar-refractivity contribution in [1.29, 1.82) is 0 Å². The Bertz CT molecular complexity index is 923. The molecule has 0 fully saturated rings. The lowest BCUT2D eigenvalue weighted by Crippen LogP contribution is -2.46. The maximum Gasteiger partial charge on any atom is 0.257 e. The van der Waals surface area contributed by atoms with Crippen molar-refractivity contribution in [3.8, 4) is 0 Å². The molecule has 146 valence electrons. The highest BCUT2D eigenvalue weighted by molar-refractivity contribution is 9.10. The molecule has 1 aliphatic heterocycles. The van der Waals surface area contributed by atoms with Crippen molar-refractivity contribution >= 4 is 27.5 Å². The average molecular weight is 442 g/mol. The standard InChI is InChI=1S/C21H24BrN5O/c1-15(24-7-8-25-20-13-27(2,3)14-20)16-5-4-6-19(10-16)26-21(28)17-9-18(22)12-23-11-17/h4-13,15,25H,14H2,1-3H3,(H,26,28). The Morgan fingerprint density at radius 3 is 2.82 bits per heavy atom. The molecule has 0 saturated carbocycles. The Hall–Kier alpha value is -2.64. The lowest BCUT2D eigenvalue weighted by Gasteiger charge is -2.34. The minimum atomic E-state index is -0.199. The molecule has 6 nitrogen and oxygen atoms in total. The number of halogens is 1. The number of benzene rings is 1.